The molecule has 0 spiro atoms. The van der Waals surface area contributed by atoms with Gasteiger partial charge in [0.15, 0.2) is 0 Å². The summed E-state index contributed by atoms with van der Waals surface area (Å²) in [6.45, 7) is 7.62. The predicted molar refractivity (Wildman–Crippen MR) is 78.9 cm³/mol. The van der Waals surface area contributed by atoms with Crippen LogP contribution in [0.3, 0.4) is 0 Å². The maximum Gasteiger partial charge on any atom is 0.0980 e. The highest BCUT2D eigenvalue weighted by Gasteiger charge is 2.09. The van der Waals surface area contributed by atoms with Crippen LogP contribution in [0.2, 0.25) is 5.02 Å². The number of aliphatic hydroxyl groups is 1. The van der Waals surface area contributed by atoms with E-state index in [1.165, 1.54) is 0 Å². The van der Waals surface area contributed by atoms with Crippen LogP contribution in [0.25, 0.3) is 0 Å². The van der Waals surface area contributed by atoms with Gasteiger partial charge in [-0.1, -0.05) is 55.0 Å². The first-order valence-corrected chi connectivity index (χ1v) is 6.40. The van der Waals surface area contributed by atoms with Gasteiger partial charge in [0.1, 0.15) is 0 Å². The first-order valence-electron chi connectivity index (χ1n) is 6.02. The second kappa shape index (κ2) is 7.20. The Balaban J connectivity index is 3.02. The van der Waals surface area contributed by atoms with Crippen LogP contribution < -0.4 is 0 Å². The molecule has 1 rings (SSSR count). The average molecular weight is 263 g/mol. The number of aliphatic hydroxyl groups excluding tert-OH is 1. The number of halogens is 1. The molecular weight excluding hydrogens is 244 g/mol. The van der Waals surface area contributed by atoms with E-state index in [2.05, 4.69) is 13.5 Å². The average Bonchev–Trinajstić information content (AvgIpc) is 2.36. The van der Waals surface area contributed by atoms with Crippen LogP contribution in [-0.4, -0.2) is 5.11 Å². The van der Waals surface area contributed by atoms with Gasteiger partial charge in [-0.05, 0) is 42.7 Å². The molecule has 0 aliphatic heterocycles. The fourth-order valence-corrected chi connectivity index (χ4v) is 1.96. The zero-order chi connectivity index (χ0) is 13.5. The Kier molecular flexibility index (Phi) is 5.90. The van der Waals surface area contributed by atoms with E-state index >= 15 is 0 Å². The third-order valence-corrected chi connectivity index (χ3v) is 2.96. The van der Waals surface area contributed by atoms with Crippen molar-refractivity contribution in [3.8, 4) is 0 Å². The second-order valence-electron chi connectivity index (χ2n) is 4.15. The lowest BCUT2D eigenvalue weighted by Gasteiger charge is -2.12. The van der Waals surface area contributed by atoms with Crippen molar-refractivity contribution in [1.29, 1.82) is 0 Å². The first kappa shape index (κ1) is 14.7. The summed E-state index contributed by atoms with van der Waals surface area (Å²) in [4.78, 5) is 0. The first-order chi connectivity index (χ1) is 8.58. The fourth-order valence-electron chi connectivity index (χ4n) is 1.78. The molecule has 0 radical (unpaired) electrons. The molecule has 2 heteroatoms. The smallest absolute Gasteiger partial charge is 0.0980 e. The highest BCUT2D eigenvalue weighted by Crippen LogP contribution is 2.24. The van der Waals surface area contributed by atoms with Gasteiger partial charge in [-0.2, -0.15) is 0 Å². The van der Waals surface area contributed by atoms with Gasteiger partial charge in [0, 0.05) is 5.02 Å². The van der Waals surface area contributed by atoms with E-state index in [0.717, 1.165) is 23.1 Å². The SMILES string of the molecule is C=C/C=C\C(C)=C\C(O)c1cc(Cl)ccc1CC. The van der Waals surface area contributed by atoms with Crippen LogP contribution in [0.1, 0.15) is 31.1 Å². The number of aryl methyl sites for hydroxylation is 1. The Morgan fingerprint density at radius 2 is 2.22 bits per heavy atom. The Hall–Kier alpha value is -1.31. The van der Waals surface area contributed by atoms with Gasteiger partial charge in [0.05, 0.1) is 6.10 Å². The molecule has 0 fully saturated rings. The van der Waals surface area contributed by atoms with Crippen LogP contribution in [0.5, 0.6) is 0 Å². The highest BCUT2D eigenvalue weighted by atomic mass is 35.5. The molecule has 1 atom stereocenters. The standard InChI is InChI=1S/C16H19ClO/c1-4-6-7-12(3)10-16(18)15-11-14(17)9-8-13(15)5-2/h4,6-11,16,18H,1,5H2,2-3H3/b7-6-,12-10+. The molecule has 0 bridgehead atoms. The number of rotatable bonds is 5. The van der Waals surface area contributed by atoms with Gasteiger partial charge in [0.25, 0.3) is 0 Å². The highest BCUT2D eigenvalue weighted by molar-refractivity contribution is 6.30. The Morgan fingerprint density at radius 3 is 2.83 bits per heavy atom. The van der Waals surface area contributed by atoms with E-state index in [4.69, 9.17) is 11.6 Å². The van der Waals surface area contributed by atoms with Crippen molar-refractivity contribution in [2.75, 3.05) is 0 Å². The van der Waals surface area contributed by atoms with Crippen molar-refractivity contribution in [2.45, 2.75) is 26.4 Å². The van der Waals surface area contributed by atoms with E-state index in [1.54, 1.807) is 6.08 Å². The topological polar surface area (TPSA) is 20.2 Å². The van der Waals surface area contributed by atoms with E-state index in [-0.39, 0.29) is 0 Å². The minimum atomic E-state index is -0.631. The van der Waals surface area contributed by atoms with Crippen LogP contribution >= 0.6 is 11.6 Å². The van der Waals surface area contributed by atoms with E-state index in [0.29, 0.717) is 5.02 Å². The monoisotopic (exact) mass is 262 g/mol. The van der Waals surface area contributed by atoms with Crippen molar-refractivity contribution < 1.29 is 5.11 Å². The summed E-state index contributed by atoms with van der Waals surface area (Å²) in [5.41, 5.74) is 2.98. The quantitative estimate of drug-likeness (QED) is 0.768. The van der Waals surface area contributed by atoms with Gasteiger partial charge in [-0.3, -0.25) is 0 Å². The predicted octanol–water partition coefficient (Wildman–Crippen LogP) is 4.62. The summed E-state index contributed by atoms with van der Waals surface area (Å²) >= 11 is 5.98. The minimum Gasteiger partial charge on any atom is -0.384 e. The molecule has 0 aliphatic rings. The lowest BCUT2D eigenvalue weighted by molar-refractivity contribution is 0.227. The number of benzene rings is 1. The summed E-state index contributed by atoms with van der Waals surface area (Å²) in [6, 6.07) is 5.64. The number of hydrogen-bond donors (Lipinski definition) is 1. The molecule has 1 aromatic rings. The number of hydrogen-bond acceptors (Lipinski definition) is 1. The molecule has 0 saturated carbocycles. The van der Waals surface area contributed by atoms with Crippen molar-refractivity contribution in [1.82, 2.24) is 0 Å². The summed E-state index contributed by atoms with van der Waals surface area (Å²) in [7, 11) is 0. The van der Waals surface area contributed by atoms with E-state index in [1.807, 2.05) is 43.4 Å². The molecular formula is C16H19ClO. The lowest BCUT2D eigenvalue weighted by Crippen LogP contribution is -1.99. The van der Waals surface area contributed by atoms with Crippen molar-refractivity contribution in [2.24, 2.45) is 0 Å². The van der Waals surface area contributed by atoms with Crippen molar-refractivity contribution >= 4 is 11.6 Å². The molecule has 0 saturated heterocycles. The fraction of sp³-hybridized carbons (Fsp3) is 0.250. The lowest BCUT2D eigenvalue weighted by atomic mass is 9.99. The van der Waals surface area contributed by atoms with Crippen LogP contribution in [-0.2, 0) is 6.42 Å². The summed E-state index contributed by atoms with van der Waals surface area (Å²) in [5, 5.41) is 10.9. The van der Waals surface area contributed by atoms with Gasteiger partial charge in [-0.15, -0.1) is 0 Å². The van der Waals surface area contributed by atoms with Crippen molar-refractivity contribution in [3.63, 3.8) is 0 Å². The van der Waals surface area contributed by atoms with Crippen LogP contribution in [0.4, 0.5) is 0 Å². The Morgan fingerprint density at radius 1 is 1.50 bits per heavy atom. The molecule has 96 valence electrons. The Bertz CT molecular complexity index is 472. The van der Waals surface area contributed by atoms with Gasteiger partial charge in [-0.25, -0.2) is 0 Å². The van der Waals surface area contributed by atoms with Crippen LogP contribution in [0.15, 0.2) is 54.7 Å². The maximum absolute atomic E-state index is 10.2. The third kappa shape index (κ3) is 4.17. The number of allylic oxidation sites excluding steroid dienone is 4. The minimum absolute atomic E-state index is 0.631. The normalized spacial score (nSPS) is 13.9. The zero-order valence-corrected chi connectivity index (χ0v) is 11.6. The molecule has 1 aromatic carbocycles. The maximum atomic E-state index is 10.2. The summed E-state index contributed by atoms with van der Waals surface area (Å²) < 4.78 is 0. The molecule has 0 amide bonds. The molecule has 0 heterocycles. The summed E-state index contributed by atoms with van der Waals surface area (Å²) in [5.74, 6) is 0. The molecule has 0 aromatic heterocycles. The van der Waals surface area contributed by atoms with Crippen LogP contribution in [0, 0.1) is 0 Å². The van der Waals surface area contributed by atoms with E-state index in [9.17, 15) is 5.11 Å². The Labute approximate surface area is 114 Å². The van der Waals surface area contributed by atoms with Gasteiger partial charge >= 0.3 is 0 Å². The zero-order valence-electron chi connectivity index (χ0n) is 10.9. The molecule has 18 heavy (non-hydrogen) atoms. The third-order valence-electron chi connectivity index (χ3n) is 2.72. The molecule has 1 unspecified atom stereocenters. The molecule has 1 N–H and O–H groups in total. The molecule has 1 nitrogen and oxygen atoms in total. The largest absolute Gasteiger partial charge is 0.384 e. The van der Waals surface area contributed by atoms with Gasteiger partial charge in [0.2, 0.25) is 0 Å². The second-order valence-corrected chi connectivity index (χ2v) is 4.58. The van der Waals surface area contributed by atoms with Gasteiger partial charge < -0.3 is 5.11 Å². The van der Waals surface area contributed by atoms with E-state index < -0.39 is 6.10 Å². The van der Waals surface area contributed by atoms with Crippen molar-refractivity contribution in [3.05, 3.63) is 70.8 Å². The summed E-state index contributed by atoms with van der Waals surface area (Å²) in [6.07, 6.45) is 7.52. The molecule has 0 aliphatic carbocycles.